The van der Waals surface area contributed by atoms with Crippen LogP contribution in [0.4, 0.5) is 0 Å². The summed E-state index contributed by atoms with van der Waals surface area (Å²) >= 11 is 0. The fraction of sp³-hybridized carbons (Fsp3) is 0.626. The van der Waals surface area contributed by atoms with Gasteiger partial charge in [0.1, 0.15) is 96.7 Å². The number of amides is 19. The highest BCUT2D eigenvalue weighted by Crippen LogP contribution is 2.31. The summed E-state index contributed by atoms with van der Waals surface area (Å²) in [6, 6.07) is -9.27. The SMILES string of the molecule is CC[C@H](C)[C@H](NC(=O)[C@H](Cc1ccccc1)NC(=O)[C@H](CC(N)=O)NC(=O)CNC(=O)[C@H](C)NC(=O)[C@H](CC(=O)O)NC(=O)[C@@H](NC(=O)[C@H](CCC(=O)O)NC(=O)[C@H](CCC(N)=O)NC(=O)[C@@H](N)CC(C)C)C(C)C)C(=O)N1CCC[C@H]1C(=O)N1CCC[C@H]1C(=O)N1CCC[C@H]1C(=O)N[C@@H](CCCNC(=N)N)C(=O)N[C@@H](Cc1c[nH]c2ccccc12)C(=O)N[C@@H](CC(C)C)C(=O)N[C@@H](CC(C)C)C(=O)N[C@@H](CC(C)C)C(=O)O. The van der Waals surface area contributed by atoms with Crippen molar-refractivity contribution in [2.75, 3.05) is 32.7 Å². The first kappa shape index (κ1) is 122. The van der Waals surface area contributed by atoms with Crippen LogP contribution in [-0.4, -0.2) is 307 Å². The van der Waals surface area contributed by atoms with E-state index in [0.717, 1.165) is 6.92 Å². The minimum atomic E-state index is -1.99. The zero-order valence-corrected chi connectivity index (χ0v) is 86.4. The number of aromatic amines is 1. The topological polar surface area (TPSA) is 770 Å². The predicted octanol–water partition coefficient (Wildman–Crippen LogP) is -2.59. The summed E-state index contributed by atoms with van der Waals surface area (Å²) in [5.41, 5.74) is 24.3. The van der Waals surface area contributed by atoms with Gasteiger partial charge in [-0.25, -0.2) is 4.79 Å². The Kier molecular flexibility index (Phi) is 49.0. The maximum absolute atomic E-state index is 15.3. The van der Waals surface area contributed by atoms with Crippen molar-refractivity contribution in [3.05, 3.63) is 71.9 Å². The van der Waals surface area contributed by atoms with E-state index in [0.29, 0.717) is 41.3 Å². The molecule has 49 heteroatoms. The Morgan fingerprint density at radius 1 is 0.419 bits per heavy atom. The van der Waals surface area contributed by atoms with Crippen LogP contribution in [-0.2, 0) is 118 Å². The maximum atomic E-state index is 15.3. The number of carbonyl (C=O) groups excluding carboxylic acids is 19. The highest BCUT2D eigenvalue weighted by atomic mass is 16.4. The number of aliphatic carboxylic acids is 3. The van der Waals surface area contributed by atoms with E-state index < -0.39 is 283 Å². The van der Waals surface area contributed by atoms with Crippen LogP contribution >= 0.6 is 0 Å². The van der Waals surface area contributed by atoms with Crippen LogP contribution in [0.1, 0.15) is 223 Å². The molecule has 6 rings (SSSR count). The van der Waals surface area contributed by atoms with Crippen LogP contribution in [0.25, 0.3) is 10.9 Å². The van der Waals surface area contributed by atoms with E-state index in [4.69, 9.17) is 28.3 Å². The number of primary amides is 2. The summed E-state index contributed by atoms with van der Waals surface area (Å²) in [6.45, 7) is 21.0. The van der Waals surface area contributed by atoms with Crippen molar-refractivity contribution in [1.29, 1.82) is 5.41 Å². The summed E-state index contributed by atoms with van der Waals surface area (Å²) in [5, 5.41) is 75.9. The number of hydrogen-bond donors (Lipinski definition) is 24. The van der Waals surface area contributed by atoms with Gasteiger partial charge in [0, 0.05) is 69.0 Å². The molecule has 1 aromatic heterocycles. The van der Waals surface area contributed by atoms with E-state index >= 15 is 33.6 Å². The van der Waals surface area contributed by atoms with E-state index in [1.165, 1.54) is 28.5 Å². The molecule has 3 aliphatic rings. The standard InChI is InChI=1S/C99H152N24O25/c1-14-55(12)81(120-92(141)67(44-57-24-16-15-17-25-57)115-91(140)69(46-76(102)125)109-77(126)49-107-82(131)56(13)108-87(136)70(47-79(129)130)117-94(143)80(54(10)11)119-86(135)64(33-35-78(127)128)111-85(134)63(32-34-75(101)124)110-83(132)60(100)40-50(2)3)97(146)123-39-23-31-74(123)96(145)122-38-22-30-73(122)95(144)121-37-21-29-72(121)93(142)112-62(28-20-36-105-99(103)104)84(133)116-68(45-58-48-106-61-27-19-18-26-59(58)61)90(139)114-65(41-51(4)5)88(137)113-66(42-52(6)7)89(138)118-71(98(147)148)43-53(8)9/h15-19,24-27,48,50-56,60,62-74,80-81,106H,14,20-23,28-47,49,100H2,1-13H3,(H2,101,124)(H2,102,125)(H,107,131)(H,108,136)(H,109,126)(H,110,132)(H,111,134)(H,112,142)(H,113,137)(H,114,139)(H,115,140)(H,116,133)(H,117,143)(H,118,138)(H,119,135)(H,120,141)(H,127,128)(H,129,130)(H,147,148)(H4,103,104,105)/t55-,56-,60-,62-,63-,64-,65-,66-,67-,68-,69-,70-,71-,72-,73-,74-,80-,81-/m0/s1. The number of benzene rings is 2. The van der Waals surface area contributed by atoms with Crippen molar-refractivity contribution >= 4 is 147 Å². The summed E-state index contributed by atoms with van der Waals surface area (Å²) in [6.07, 6.45) is -0.862. The van der Waals surface area contributed by atoms with E-state index in [9.17, 15) is 87.2 Å². The Hall–Kier alpha value is -14.5. The number of nitrogens with two attached hydrogens (primary N) is 4. The zero-order valence-electron chi connectivity index (χ0n) is 86.4. The number of carboxylic acid groups (broad SMARTS) is 3. The van der Waals surface area contributed by atoms with Gasteiger partial charge in [-0.1, -0.05) is 138 Å². The van der Waals surface area contributed by atoms with E-state index in [2.05, 4.69) is 84.7 Å². The van der Waals surface area contributed by atoms with Crippen LogP contribution in [0.2, 0.25) is 0 Å². The highest BCUT2D eigenvalue weighted by Gasteiger charge is 2.49. The molecule has 3 saturated heterocycles. The molecule has 19 amide bonds. The number of carbonyl (C=O) groups is 22. The molecule has 0 unspecified atom stereocenters. The Labute approximate surface area is 859 Å². The molecule has 148 heavy (non-hydrogen) atoms. The van der Waals surface area contributed by atoms with Crippen molar-refractivity contribution in [1.82, 2.24) is 99.4 Å². The molecular weight excluding hydrogens is 1930 g/mol. The monoisotopic (exact) mass is 2080 g/mol. The molecule has 0 radical (unpaired) electrons. The Morgan fingerprint density at radius 3 is 1.39 bits per heavy atom. The Bertz CT molecular complexity index is 5190. The number of likely N-dealkylation sites (tertiary alicyclic amines) is 3. The zero-order chi connectivity index (χ0) is 110. The van der Waals surface area contributed by atoms with Crippen LogP contribution in [0.15, 0.2) is 60.8 Å². The Morgan fingerprint density at radius 2 is 0.858 bits per heavy atom. The number of para-hydroxylation sites is 1. The first-order valence-electron chi connectivity index (χ1n) is 50.5. The minimum Gasteiger partial charge on any atom is -0.481 e. The van der Waals surface area contributed by atoms with Gasteiger partial charge in [-0.15, -0.1) is 0 Å². The van der Waals surface area contributed by atoms with Gasteiger partial charge in [0.05, 0.1) is 25.4 Å². The first-order chi connectivity index (χ1) is 69.7. The second-order valence-corrected chi connectivity index (χ2v) is 40.2. The van der Waals surface area contributed by atoms with Crippen LogP contribution in [0, 0.1) is 40.9 Å². The molecule has 28 N–H and O–H groups in total. The number of carboxylic acids is 3. The quantitative estimate of drug-likeness (QED) is 0.0157. The third-order valence-corrected chi connectivity index (χ3v) is 25.7. The van der Waals surface area contributed by atoms with Crippen molar-refractivity contribution in [2.24, 2.45) is 58.4 Å². The van der Waals surface area contributed by atoms with Crippen molar-refractivity contribution in [3.63, 3.8) is 0 Å². The fourth-order valence-corrected chi connectivity index (χ4v) is 17.7. The lowest BCUT2D eigenvalue weighted by atomic mass is 9.96. The van der Waals surface area contributed by atoms with Crippen molar-refractivity contribution in [2.45, 2.75) is 328 Å². The normalized spacial score (nSPS) is 17.5. The van der Waals surface area contributed by atoms with Crippen molar-refractivity contribution < 1.29 is 121 Å². The van der Waals surface area contributed by atoms with E-state index in [-0.39, 0.29) is 139 Å². The van der Waals surface area contributed by atoms with Gasteiger partial charge in [-0.2, -0.15) is 0 Å². The molecule has 0 aliphatic carbocycles. The van der Waals surface area contributed by atoms with E-state index in [1.54, 1.807) is 90.2 Å². The molecule has 0 spiro atoms. The van der Waals surface area contributed by atoms with E-state index in [1.807, 2.05) is 39.8 Å². The largest absolute Gasteiger partial charge is 0.481 e. The number of aromatic nitrogens is 1. The average molecular weight is 2080 g/mol. The second kappa shape index (κ2) is 59.4. The molecule has 3 fully saturated rings. The van der Waals surface area contributed by atoms with Crippen LogP contribution in [0.3, 0.4) is 0 Å². The fourth-order valence-electron chi connectivity index (χ4n) is 17.7. The number of guanidine groups is 1. The molecule has 818 valence electrons. The smallest absolute Gasteiger partial charge is 0.326 e. The summed E-state index contributed by atoms with van der Waals surface area (Å²) in [5.74, 6) is -24.4. The summed E-state index contributed by atoms with van der Waals surface area (Å²) < 4.78 is 0. The van der Waals surface area contributed by atoms with Gasteiger partial charge in [0.25, 0.3) is 0 Å². The molecule has 4 heterocycles. The average Bonchev–Trinajstić information content (AvgIpc) is 1.63. The number of fused-ring (bicyclic) bond motifs is 1. The summed E-state index contributed by atoms with van der Waals surface area (Å²) in [4.78, 5) is 313. The highest BCUT2D eigenvalue weighted by molar-refractivity contribution is 6.03. The third-order valence-electron chi connectivity index (χ3n) is 25.7. The van der Waals surface area contributed by atoms with Crippen LogP contribution in [0.5, 0.6) is 0 Å². The number of nitrogens with zero attached hydrogens (tertiary/aromatic N) is 3. The lowest BCUT2D eigenvalue weighted by molar-refractivity contribution is -0.151. The predicted molar refractivity (Wildman–Crippen MR) is 538 cm³/mol. The van der Waals surface area contributed by atoms with Gasteiger partial charge in [-0.05, 0) is 150 Å². The van der Waals surface area contributed by atoms with Gasteiger partial charge in [0.2, 0.25) is 112 Å². The molecule has 49 nitrogen and oxygen atoms in total. The number of H-pyrrole nitrogens is 1. The molecule has 3 aliphatic heterocycles. The first-order valence-corrected chi connectivity index (χ1v) is 50.5. The lowest BCUT2D eigenvalue weighted by Gasteiger charge is -2.36. The van der Waals surface area contributed by atoms with Gasteiger partial charge < -0.3 is 138 Å². The third kappa shape index (κ3) is 39.1. The maximum Gasteiger partial charge on any atom is 0.326 e. The molecule has 3 aromatic rings. The molecule has 0 bridgehead atoms. The molecule has 18 atom stereocenters. The van der Waals surface area contributed by atoms with Crippen molar-refractivity contribution in [3.8, 4) is 0 Å². The second-order valence-electron chi connectivity index (χ2n) is 40.2. The summed E-state index contributed by atoms with van der Waals surface area (Å²) in [7, 11) is 0. The van der Waals surface area contributed by atoms with Gasteiger partial charge >= 0.3 is 17.9 Å². The van der Waals surface area contributed by atoms with Crippen LogP contribution < -0.4 is 103 Å². The lowest BCUT2D eigenvalue weighted by Crippen LogP contribution is -2.61. The molecule has 2 aromatic carbocycles. The number of rotatable bonds is 61. The molecular formula is C99H152N24O25. The molecule has 0 saturated carbocycles. The Balaban J connectivity index is 1.15. The number of nitrogens with one attached hydrogen (secondary N) is 17. The van der Waals surface area contributed by atoms with Gasteiger partial charge in [0.15, 0.2) is 5.96 Å². The number of hydrogen-bond acceptors (Lipinski definition) is 24. The van der Waals surface area contributed by atoms with Gasteiger partial charge in [-0.3, -0.25) is 106 Å². The minimum absolute atomic E-state index is 0.0194.